The largest absolute Gasteiger partial charge is 0.477 e. The second-order valence-corrected chi connectivity index (χ2v) is 18.3. The molecule has 0 saturated heterocycles. The van der Waals surface area contributed by atoms with Crippen molar-refractivity contribution < 1.29 is 9.90 Å². The van der Waals surface area contributed by atoms with Gasteiger partial charge in [0.25, 0.3) is 0 Å². The molecule has 5 aromatic carbocycles. The van der Waals surface area contributed by atoms with Crippen LogP contribution in [0.4, 0.5) is 17.1 Å². The summed E-state index contributed by atoms with van der Waals surface area (Å²) >= 11 is 3.28. The van der Waals surface area contributed by atoms with Gasteiger partial charge in [0.1, 0.15) is 11.6 Å². The highest BCUT2D eigenvalue weighted by molar-refractivity contribution is 7.24. The summed E-state index contributed by atoms with van der Waals surface area (Å²) in [6.07, 6.45) is 13.6. The van der Waals surface area contributed by atoms with Crippen LogP contribution in [0.5, 0.6) is 0 Å². The fourth-order valence-electron chi connectivity index (χ4n) is 9.08. The number of carbonyl (C=O) groups is 1. The van der Waals surface area contributed by atoms with Gasteiger partial charge in [-0.1, -0.05) is 138 Å². The van der Waals surface area contributed by atoms with Crippen molar-refractivity contribution in [2.24, 2.45) is 0 Å². The van der Waals surface area contributed by atoms with Gasteiger partial charge in [0.05, 0.1) is 0 Å². The Morgan fingerprint density at radius 3 is 1.67 bits per heavy atom. The Balaban J connectivity index is 1.16. The number of nitrogens with zero attached hydrogens (tertiary/aromatic N) is 2. The Bertz CT molecular complexity index is 2610. The van der Waals surface area contributed by atoms with Crippen molar-refractivity contribution in [1.82, 2.24) is 0 Å². The summed E-state index contributed by atoms with van der Waals surface area (Å²) in [5.41, 5.74) is 12.5. The number of aliphatic carboxylic acids is 1. The third-order valence-electron chi connectivity index (χ3n) is 12.2. The molecule has 2 heterocycles. The minimum atomic E-state index is -1.21. The fraction of sp³-hybridized carbons (Fsp3) is 0.236. The molecule has 2 aromatic heterocycles. The molecule has 0 atom stereocenters. The molecular weight excluding hydrogens is 785 g/mol. The maximum atomic E-state index is 11.5. The summed E-state index contributed by atoms with van der Waals surface area (Å²) in [4.78, 5) is 17.9. The van der Waals surface area contributed by atoms with Gasteiger partial charge in [0.15, 0.2) is 0 Å². The maximum absolute atomic E-state index is 11.5. The lowest BCUT2D eigenvalue weighted by molar-refractivity contribution is -0.132. The van der Waals surface area contributed by atoms with Gasteiger partial charge in [-0.05, 0) is 131 Å². The Labute approximate surface area is 369 Å². The lowest BCUT2D eigenvalue weighted by Gasteiger charge is -2.33. The zero-order valence-corrected chi connectivity index (χ0v) is 36.7. The molecule has 306 valence electrons. The van der Waals surface area contributed by atoms with Crippen LogP contribution >= 0.6 is 22.7 Å². The van der Waals surface area contributed by atoms with Gasteiger partial charge in [0, 0.05) is 42.0 Å². The highest BCUT2D eigenvalue weighted by atomic mass is 32.1. The first kappa shape index (κ1) is 41.7. The van der Waals surface area contributed by atoms with Gasteiger partial charge in [-0.3, -0.25) is 0 Å². The van der Waals surface area contributed by atoms with Crippen molar-refractivity contribution in [2.75, 3.05) is 4.90 Å². The smallest absolute Gasteiger partial charge is 0.346 e. The van der Waals surface area contributed by atoms with Gasteiger partial charge in [-0.15, -0.1) is 22.7 Å². The third-order valence-corrected chi connectivity index (χ3v) is 14.5. The van der Waals surface area contributed by atoms with Crippen LogP contribution in [0, 0.1) is 11.3 Å². The van der Waals surface area contributed by atoms with E-state index in [4.69, 9.17) is 0 Å². The zero-order chi connectivity index (χ0) is 42.2. The van der Waals surface area contributed by atoms with E-state index in [1.54, 1.807) is 17.4 Å². The summed E-state index contributed by atoms with van der Waals surface area (Å²) in [7, 11) is 0. The number of thiophene rings is 2. The van der Waals surface area contributed by atoms with E-state index in [-0.39, 0.29) is 11.0 Å². The van der Waals surface area contributed by atoms with Gasteiger partial charge < -0.3 is 10.0 Å². The molecule has 1 aliphatic carbocycles. The molecule has 0 spiro atoms. The molecule has 8 rings (SSSR count). The zero-order valence-electron chi connectivity index (χ0n) is 35.1. The Kier molecular flexibility index (Phi) is 13.1. The molecule has 0 unspecified atom stereocenters. The van der Waals surface area contributed by atoms with Crippen LogP contribution < -0.4 is 4.90 Å². The number of rotatable bonds is 18. The Hall–Kier alpha value is -6.00. The molecule has 4 nitrogen and oxygen atoms in total. The molecule has 0 bridgehead atoms. The highest BCUT2D eigenvalue weighted by Gasteiger charge is 2.42. The van der Waals surface area contributed by atoms with E-state index in [1.165, 1.54) is 113 Å². The number of carboxylic acids is 1. The van der Waals surface area contributed by atoms with E-state index in [1.807, 2.05) is 12.1 Å². The predicted octanol–water partition coefficient (Wildman–Crippen LogP) is 16.5. The average Bonchev–Trinajstić information content (AvgIpc) is 4.04. The van der Waals surface area contributed by atoms with Crippen LogP contribution in [-0.2, 0) is 10.2 Å². The van der Waals surface area contributed by atoms with Crippen molar-refractivity contribution in [3.05, 3.63) is 167 Å². The van der Waals surface area contributed by atoms with Gasteiger partial charge in [-0.25, -0.2) is 4.79 Å². The van der Waals surface area contributed by atoms with Crippen molar-refractivity contribution in [3.63, 3.8) is 0 Å². The molecular formula is C55H52N2O2S2. The Morgan fingerprint density at radius 1 is 0.590 bits per heavy atom. The number of anilines is 3. The number of nitriles is 1. The van der Waals surface area contributed by atoms with Crippen LogP contribution in [0.2, 0.25) is 0 Å². The quantitative estimate of drug-likeness (QED) is 0.0531. The van der Waals surface area contributed by atoms with Crippen molar-refractivity contribution in [2.45, 2.75) is 83.5 Å². The first-order valence-corrected chi connectivity index (χ1v) is 23.4. The molecule has 61 heavy (non-hydrogen) atoms. The standard InChI is InChI=1S/C55H52N2O2S2/c1-3-5-7-15-33-55(34-16-8-6-4-2)49-36-40(39-21-25-45(26-22-39)57(43-17-11-9-12-18-43)44-19-13-10-14-20-44)23-28-47(49)48-29-24-41(37-50(48)55)51-31-32-53(61-51)52-30-27-46(60-52)35-42(38-56)54(58)59/h9-14,17-32,35-37H,3-8,15-16,33-34H2,1-2H3,(H,58,59)/b42-35-. The summed E-state index contributed by atoms with van der Waals surface area (Å²) in [5.74, 6) is -1.21. The molecule has 0 aliphatic heterocycles. The van der Waals surface area contributed by atoms with Crippen molar-refractivity contribution in [3.8, 4) is 48.5 Å². The van der Waals surface area contributed by atoms with Gasteiger partial charge >= 0.3 is 5.97 Å². The summed E-state index contributed by atoms with van der Waals surface area (Å²) in [6.45, 7) is 4.60. The fourth-order valence-corrected chi connectivity index (χ4v) is 11.1. The number of hydrogen-bond donors (Lipinski definition) is 1. The summed E-state index contributed by atoms with van der Waals surface area (Å²) < 4.78 is 0. The van der Waals surface area contributed by atoms with Crippen LogP contribution in [-0.4, -0.2) is 11.1 Å². The lowest BCUT2D eigenvalue weighted by atomic mass is 9.70. The molecule has 0 amide bonds. The molecule has 1 aliphatic rings. The van der Waals surface area contributed by atoms with Crippen LogP contribution in [0.3, 0.4) is 0 Å². The maximum Gasteiger partial charge on any atom is 0.346 e. The van der Waals surface area contributed by atoms with E-state index in [0.717, 1.165) is 44.5 Å². The molecule has 0 fully saturated rings. The number of carboxylic acid groups (broad SMARTS) is 1. The Morgan fingerprint density at radius 2 is 1.10 bits per heavy atom. The normalized spacial score (nSPS) is 12.8. The minimum Gasteiger partial charge on any atom is -0.477 e. The van der Waals surface area contributed by atoms with E-state index in [9.17, 15) is 15.2 Å². The second kappa shape index (κ2) is 19.1. The van der Waals surface area contributed by atoms with Crippen molar-refractivity contribution in [1.29, 1.82) is 5.26 Å². The van der Waals surface area contributed by atoms with E-state index in [0.29, 0.717) is 0 Å². The van der Waals surface area contributed by atoms with Crippen LogP contribution in [0.15, 0.2) is 151 Å². The SMILES string of the molecule is CCCCCCC1(CCCCCC)c2cc(-c3ccc(N(c4ccccc4)c4ccccc4)cc3)ccc2-c2ccc(-c3ccc(-c4ccc(/C=C(/C#N)C(=O)O)s4)s3)cc21. The van der Waals surface area contributed by atoms with E-state index in [2.05, 4.69) is 152 Å². The molecule has 0 saturated carbocycles. The van der Waals surface area contributed by atoms with Crippen LogP contribution in [0.1, 0.15) is 94.1 Å². The van der Waals surface area contributed by atoms with Gasteiger partial charge in [0.2, 0.25) is 0 Å². The number of unbranched alkanes of at least 4 members (excludes halogenated alkanes) is 6. The topological polar surface area (TPSA) is 64.3 Å². The molecule has 7 aromatic rings. The van der Waals surface area contributed by atoms with Crippen LogP contribution in [0.25, 0.3) is 48.5 Å². The number of fused-ring (bicyclic) bond motifs is 3. The molecule has 1 N–H and O–H groups in total. The molecule has 6 heteroatoms. The summed E-state index contributed by atoms with van der Waals surface area (Å²) in [6, 6.07) is 54.8. The number of para-hydroxylation sites is 2. The monoisotopic (exact) mass is 836 g/mol. The number of hydrogen-bond acceptors (Lipinski definition) is 5. The minimum absolute atomic E-state index is 0.0762. The highest BCUT2D eigenvalue weighted by Crippen LogP contribution is 2.56. The van der Waals surface area contributed by atoms with Gasteiger partial charge in [-0.2, -0.15) is 5.26 Å². The van der Waals surface area contributed by atoms with E-state index >= 15 is 0 Å². The predicted molar refractivity (Wildman–Crippen MR) is 258 cm³/mol. The first-order valence-electron chi connectivity index (χ1n) is 21.8. The van der Waals surface area contributed by atoms with E-state index < -0.39 is 5.97 Å². The third kappa shape index (κ3) is 8.91. The molecule has 0 radical (unpaired) electrons. The lowest BCUT2D eigenvalue weighted by Crippen LogP contribution is -2.25. The number of benzene rings is 5. The summed E-state index contributed by atoms with van der Waals surface area (Å²) in [5, 5.41) is 18.6. The second-order valence-electron chi connectivity index (χ2n) is 16.1. The van der Waals surface area contributed by atoms with Crippen molar-refractivity contribution >= 4 is 51.8 Å². The average molecular weight is 837 g/mol. The first-order chi connectivity index (χ1) is 29.9.